The smallest absolute Gasteiger partial charge is 0.323 e. The number of carbonyl (C=O) groups excluding carboxylic acids is 1. The second-order valence-electron chi connectivity index (χ2n) is 5.18. The summed E-state index contributed by atoms with van der Waals surface area (Å²) in [4.78, 5) is 13.6. The lowest BCUT2D eigenvalue weighted by Gasteiger charge is -2.30. The van der Waals surface area contributed by atoms with Gasteiger partial charge in [0.1, 0.15) is 4.90 Å². The van der Waals surface area contributed by atoms with E-state index in [0.29, 0.717) is 19.0 Å². The molecule has 3 N–H and O–H groups in total. The summed E-state index contributed by atoms with van der Waals surface area (Å²) >= 11 is 0. The molecule has 1 aromatic heterocycles. The van der Waals surface area contributed by atoms with E-state index in [1.807, 2.05) is 0 Å². The van der Waals surface area contributed by atoms with Crippen LogP contribution in [0.2, 0.25) is 0 Å². The highest BCUT2D eigenvalue weighted by atomic mass is 32.2. The fourth-order valence-corrected chi connectivity index (χ4v) is 2.98. The van der Waals surface area contributed by atoms with Gasteiger partial charge in [-0.05, 0) is 18.8 Å². The van der Waals surface area contributed by atoms with Crippen molar-refractivity contribution in [3.63, 3.8) is 0 Å². The summed E-state index contributed by atoms with van der Waals surface area (Å²) < 4.78 is 24.2. The third-order valence-corrected chi connectivity index (χ3v) is 4.18. The van der Waals surface area contributed by atoms with Crippen LogP contribution in [-0.2, 0) is 17.1 Å². The van der Waals surface area contributed by atoms with Crippen molar-refractivity contribution in [2.75, 3.05) is 18.4 Å². The van der Waals surface area contributed by atoms with Crippen LogP contribution in [0.5, 0.6) is 0 Å². The lowest BCUT2D eigenvalue weighted by molar-refractivity contribution is 0.182. The van der Waals surface area contributed by atoms with Crippen LogP contribution in [0.4, 0.5) is 10.6 Å². The first-order valence-electron chi connectivity index (χ1n) is 6.39. The van der Waals surface area contributed by atoms with Crippen molar-refractivity contribution in [1.82, 2.24) is 14.7 Å². The average Bonchev–Trinajstić information content (AvgIpc) is 2.70. The van der Waals surface area contributed by atoms with Gasteiger partial charge < -0.3 is 4.90 Å². The Morgan fingerprint density at radius 3 is 2.85 bits per heavy atom. The van der Waals surface area contributed by atoms with Crippen molar-refractivity contribution < 1.29 is 13.2 Å². The molecule has 2 rings (SSSR count). The zero-order valence-corrected chi connectivity index (χ0v) is 12.4. The summed E-state index contributed by atoms with van der Waals surface area (Å²) in [5, 5.41) is 11.6. The zero-order valence-electron chi connectivity index (χ0n) is 11.5. The number of nitrogens with zero attached hydrogens (tertiary/aromatic N) is 3. The number of carbonyl (C=O) groups is 1. The molecule has 0 aromatic carbocycles. The van der Waals surface area contributed by atoms with Gasteiger partial charge in [0.25, 0.3) is 0 Å². The first-order chi connectivity index (χ1) is 9.27. The number of amides is 2. The van der Waals surface area contributed by atoms with Gasteiger partial charge >= 0.3 is 6.03 Å². The summed E-state index contributed by atoms with van der Waals surface area (Å²) in [6.45, 7) is 3.40. The molecule has 0 bridgehead atoms. The molecule has 9 heteroatoms. The summed E-state index contributed by atoms with van der Waals surface area (Å²) in [5.41, 5.74) is 0. The number of likely N-dealkylation sites (tertiary alicyclic amines) is 1. The molecular formula is C11H19N5O3S. The third-order valence-electron chi connectivity index (χ3n) is 3.27. The highest BCUT2D eigenvalue weighted by molar-refractivity contribution is 7.89. The summed E-state index contributed by atoms with van der Waals surface area (Å²) in [6, 6.07) is -0.347. The largest absolute Gasteiger partial charge is 0.324 e. The Bertz CT molecular complexity index is 610. The average molecular weight is 301 g/mol. The van der Waals surface area contributed by atoms with Crippen molar-refractivity contribution in [3.8, 4) is 0 Å². The van der Waals surface area contributed by atoms with Crippen molar-refractivity contribution in [2.24, 2.45) is 18.1 Å². The van der Waals surface area contributed by atoms with E-state index in [9.17, 15) is 13.2 Å². The van der Waals surface area contributed by atoms with Crippen LogP contribution in [0.3, 0.4) is 0 Å². The molecular weight excluding hydrogens is 282 g/mol. The number of sulfonamides is 1. The first kappa shape index (κ1) is 14.8. The highest BCUT2D eigenvalue weighted by Gasteiger charge is 2.24. The minimum atomic E-state index is -3.92. The standard InChI is InChI=1S/C11H19N5O3S/c1-8-4-3-5-16(6-8)11(17)13-10-9(20(12,18)19)7-15(2)14-10/h7-8H,3-6H2,1-2H3,(H2,12,18,19)(H,13,14,17). The molecule has 8 nitrogen and oxygen atoms in total. The normalized spacial score (nSPS) is 19.9. The molecule has 1 aromatic rings. The Kier molecular flexibility index (Phi) is 4.00. The predicted octanol–water partition coefficient (Wildman–Crippen LogP) is 0.331. The molecule has 20 heavy (non-hydrogen) atoms. The predicted molar refractivity (Wildman–Crippen MR) is 73.6 cm³/mol. The Morgan fingerprint density at radius 1 is 1.55 bits per heavy atom. The van der Waals surface area contributed by atoms with Gasteiger partial charge in [-0.15, -0.1) is 0 Å². The van der Waals surface area contributed by atoms with E-state index in [1.54, 1.807) is 11.9 Å². The Balaban J connectivity index is 2.16. The van der Waals surface area contributed by atoms with Gasteiger partial charge in [-0.1, -0.05) is 6.92 Å². The third kappa shape index (κ3) is 3.28. The number of aromatic nitrogens is 2. The maximum atomic E-state index is 12.1. The second-order valence-corrected chi connectivity index (χ2v) is 6.71. The molecule has 1 fully saturated rings. The van der Waals surface area contributed by atoms with Crippen LogP contribution in [0.25, 0.3) is 0 Å². The van der Waals surface area contributed by atoms with Crippen LogP contribution in [0.15, 0.2) is 11.1 Å². The summed E-state index contributed by atoms with van der Waals surface area (Å²) in [5.74, 6) is 0.411. The van der Waals surface area contributed by atoms with Gasteiger partial charge in [-0.3, -0.25) is 10.00 Å². The lowest BCUT2D eigenvalue weighted by Crippen LogP contribution is -2.41. The number of nitrogens with one attached hydrogen (secondary N) is 1. The summed E-state index contributed by atoms with van der Waals surface area (Å²) in [7, 11) is -2.35. The molecule has 112 valence electrons. The van der Waals surface area contributed by atoms with E-state index < -0.39 is 10.0 Å². The number of hydrogen-bond donors (Lipinski definition) is 2. The van der Waals surface area contributed by atoms with E-state index in [1.165, 1.54) is 10.9 Å². The molecule has 2 heterocycles. The number of urea groups is 1. The van der Waals surface area contributed by atoms with Gasteiger partial charge in [-0.2, -0.15) is 5.10 Å². The molecule has 1 aliphatic heterocycles. The van der Waals surface area contributed by atoms with Gasteiger partial charge in [0, 0.05) is 26.3 Å². The molecule has 0 radical (unpaired) electrons. The van der Waals surface area contributed by atoms with E-state index in [2.05, 4.69) is 17.3 Å². The van der Waals surface area contributed by atoms with Gasteiger partial charge in [-0.25, -0.2) is 18.4 Å². The molecule has 1 aliphatic rings. The molecule has 1 saturated heterocycles. The minimum absolute atomic E-state index is 0.0294. The molecule has 2 amide bonds. The van der Waals surface area contributed by atoms with Crippen molar-refractivity contribution in [1.29, 1.82) is 0 Å². The number of anilines is 1. The number of rotatable bonds is 2. The van der Waals surface area contributed by atoms with Crippen LogP contribution in [-0.4, -0.2) is 42.2 Å². The molecule has 0 saturated carbocycles. The van der Waals surface area contributed by atoms with E-state index in [-0.39, 0.29) is 16.7 Å². The number of nitrogens with two attached hydrogens (primary N) is 1. The van der Waals surface area contributed by atoms with E-state index >= 15 is 0 Å². The maximum absolute atomic E-state index is 12.1. The van der Waals surface area contributed by atoms with Crippen molar-refractivity contribution in [3.05, 3.63) is 6.20 Å². The SMILES string of the molecule is CC1CCCN(C(=O)Nc2nn(C)cc2S(N)(=O)=O)C1. The van der Waals surface area contributed by atoms with Crippen molar-refractivity contribution >= 4 is 21.9 Å². The van der Waals surface area contributed by atoms with Crippen LogP contribution in [0, 0.1) is 5.92 Å². The number of hydrogen-bond acceptors (Lipinski definition) is 4. The molecule has 0 spiro atoms. The Labute approximate surface area is 118 Å². The second kappa shape index (κ2) is 5.41. The lowest BCUT2D eigenvalue weighted by atomic mass is 10.0. The molecule has 1 unspecified atom stereocenters. The van der Waals surface area contributed by atoms with E-state index in [4.69, 9.17) is 5.14 Å². The quantitative estimate of drug-likeness (QED) is 0.820. The van der Waals surface area contributed by atoms with E-state index in [0.717, 1.165) is 12.8 Å². The van der Waals surface area contributed by atoms with Crippen LogP contribution >= 0.6 is 0 Å². The fraction of sp³-hybridized carbons (Fsp3) is 0.636. The Morgan fingerprint density at radius 2 is 2.25 bits per heavy atom. The van der Waals surface area contributed by atoms with Crippen molar-refractivity contribution in [2.45, 2.75) is 24.7 Å². The fourth-order valence-electron chi connectivity index (χ4n) is 2.32. The highest BCUT2D eigenvalue weighted by Crippen LogP contribution is 2.20. The van der Waals surface area contributed by atoms with Gasteiger partial charge in [0.2, 0.25) is 10.0 Å². The zero-order chi connectivity index (χ0) is 14.9. The first-order valence-corrected chi connectivity index (χ1v) is 7.94. The number of aryl methyl sites for hydroxylation is 1. The maximum Gasteiger partial charge on any atom is 0.323 e. The Hall–Kier alpha value is -1.61. The van der Waals surface area contributed by atoms with Gasteiger partial charge in [0.05, 0.1) is 0 Å². The minimum Gasteiger partial charge on any atom is -0.324 e. The van der Waals surface area contributed by atoms with Crippen LogP contribution in [0.1, 0.15) is 19.8 Å². The molecule has 0 aliphatic carbocycles. The summed E-state index contributed by atoms with van der Waals surface area (Å²) in [6.07, 6.45) is 3.30. The monoisotopic (exact) mass is 301 g/mol. The topological polar surface area (TPSA) is 110 Å². The van der Waals surface area contributed by atoms with Gasteiger partial charge in [0.15, 0.2) is 5.82 Å². The molecule has 1 atom stereocenters. The number of piperidine rings is 1. The van der Waals surface area contributed by atoms with Crippen LogP contribution < -0.4 is 10.5 Å². The number of primary sulfonamides is 1.